The van der Waals surface area contributed by atoms with Crippen LogP contribution in [0.1, 0.15) is 46.3 Å². The SMILES string of the molecule is O=C(O)CCCCN(CCc1ccccc1OCc1ccc(-c2cccc(F)c2F)cc1)Cc1ccc(C(=O)O)cc1. The highest BCUT2D eigenvalue weighted by molar-refractivity contribution is 5.87. The van der Waals surface area contributed by atoms with Gasteiger partial charge in [-0.25, -0.2) is 13.6 Å². The quantitative estimate of drug-likeness (QED) is 0.146. The van der Waals surface area contributed by atoms with Crippen molar-refractivity contribution in [1.29, 1.82) is 0 Å². The minimum Gasteiger partial charge on any atom is -0.489 e. The number of halogens is 2. The number of unbranched alkanes of at least 4 members (excludes halogenated alkanes) is 1. The van der Waals surface area contributed by atoms with Crippen molar-refractivity contribution in [3.8, 4) is 16.9 Å². The van der Waals surface area contributed by atoms with Gasteiger partial charge in [0.1, 0.15) is 12.4 Å². The molecule has 0 aliphatic heterocycles. The number of benzene rings is 4. The summed E-state index contributed by atoms with van der Waals surface area (Å²) in [6.45, 7) is 2.31. The van der Waals surface area contributed by atoms with Crippen molar-refractivity contribution in [3.63, 3.8) is 0 Å². The molecular weight excluding hydrogens is 540 g/mol. The number of rotatable bonds is 15. The number of ether oxygens (including phenoxy) is 1. The lowest BCUT2D eigenvalue weighted by atomic mass is 10.0. The van der Waals surface area contributed by atoms with Gasteiger partial charge in [-0.3, -0.25) is 9.69 Å². The molecule has 0 aliphatic carbocycles. The summed E-state index contributed by atoms with van der Waals surface area (Å²) in [4.78, 5) is 24.4. The second kappa shape index (κ2) is 14.9. The highest BCUT2D eigenvalue weighted by Crippen LogP contribution is 2.26. The summed E-state index contributed by atoms with van der Waals surface area (Å²) in [5.41, 5.74) is 3.90. The fraction of sp³-hybridized carbons (Fsp3) is 0.235. The molecule has 6 nitrogen and oxygen atoms in total. The van der Waals surface area contributed by atoms with Crippen LogP contribution in [-0.4, -0.2) is 40.1 Å². The second-order valence-corrected chi connectivity index (χ2v) is 10.1. The monoisotopic (exact) mass is 573 g/mol. The van der Waals surface area contributed by atoms with Crippen LogP contribution in [0.15, 0.2) is 91.0 Å². The lowest BCUT2D eigenvalue weighted by Crippen LogP contribution is -2.27. The van der Waals surface area contributed by atoms with Gasteiger partial charge in [0.05, 0.1) is 5.56 Å². The van der Waals surface area contributed by atoms with E-state index < -0.39 is 23.6 Å². The summed E-state index contributed by atoms with van der Waals surface area (Å²) in [6, 6.07) is 25.8. The number of carbonyl (C=O) groups is 2. The van der Waals surface area contributed by atoms with Crippen molar-refractivity contribution in [1.82, 2.24) is 4.90 Å². The minimum atomic E-state index is -0.972. The van der Waals surface area contributed by atoms with Crippen LogP contribution in [0.5, 0.6) is 5.75 Å². The lowest BCUT2D eigenvalue weighted by molar-refractivity contribution is -0.137. The van der Waals surface area contributed by atoms with Crippen molar-refractivity contribution >= 4 is 11.9 Å². The van der Waals surface area contributed by atoms with Gasteiger partial charge < -0.3 is 14.9 Å². The topological polar surface area (TPSA) is 87.1 Å². The van der Waals surface area contributed by atoms with Gasteiger partial charge >= 0.3 is 11.9 Å². The Labute approximate surface area is 243 Å². The van der Waals surface area contributed by atoms with E-state index in [4.69, 9.17) is 9.84 Å². The standard InChI is InChI=1S/C34H33F2NO5/c35-30-8-5-7-29(33(30)36)26-15-13-25(14-16-26)23-42-31-9-2-1-6-27(31)19-21-37(20-4-3-10-32(38)39)22-24-11-17-28(18-12-24)34(40)41/h1-2,5-9,11-18H,3-4,10,19-23H2,(H,38,39)(H,40,41). The van der Waals surface area contributed by atoms with Crippen molar-refractivity contribution < 1.29 is 33.3 Å². The highest BCUT2D eigenvalue weighted by Gasteiger charge is 2.12. The molecule has 218 valence electrons. The first-order chi connectivity index (χ1) is 20.3. The summed E-state index contributed by atoms with van der Waals surface area (Å²) in [7, 11) is 0. The second-order valence-electron chi connectivity index (χ2n) is 10.1. The first kappa shape index (κ1) is 30.4. The number of para-hydroxylation sites is 1. The Hall–Kier alpha value is -4.56. The van der Waals surface area contributed by atoms with Crippen LogP contribution in [-0.2, 0) is 24.4 Å². The molecule has 0 amide bonds. The molecule has 4 aromatic carbocycles. The van der Waals surface area contributed by atoms with E-state index in [9.17, 15) is 23.5 Å². The predicted octanol–water partition coefficient (Wildman–Crippen LogP) is 7.21. The summed E-state index contributed by atoms with van der Waals surface area (Å²) < 4.78 is 33.9. The van der Waals surface area contributed by atoms with Gasteiger partial charge in [0.25, 0.3) is 0 Å². The number of carboxylic acids is 2. The van der Waals surface area contributed by atoms with E-state index in [1.807, 2.05) is 36.4 Å². The maximum Gasteiger partial charge on any atom is 0.335 e. The number of nitrogens with zero attached hydrogens (tertiary/aromatic N) is 1. The van der Waals surface area contributed by atoms with Crippen molar-refractivity contribution in [3.05, 3.63) is 125 Å². The zero-order valence-electron chi connectivity index (χ0n) is 23.1. The Kier molecular flexibility index (Phi) is 10.8. The number of hydrogen-bond donors (Lipinski definition) is 2. The minimum absolute atomic E-state index is 0.121. The summed E-state index contributed by atoms with van der Waals surface area (Å²) in [5, 5.41) is 18.2. The normalized spacial score (nSPS) is 11.0. The average molecular weight is 574 g/mol. The van der Waals surface area contributed by atoms with Gasteiger partial charge in [-0.2, -0.15) is 0 Å². The Balaban J connectivity index is 1.39. The number of carboxylic acid groups (broad SMARTS) is 2. The Morgan fingerprint density at radius 3 is 2.19 bits per heavy atom. The van der Waals surface area contributed by atoms with Crippen LogP contribution in [0.25, 0.3) is 11.1 Å². The molecular formula is C34H33F2NO5. The maximum atomic E-state index is 14.2. The molecule has 0 aliphatic rings. The molecule has 0 heterocycles. The molecule has 0 atom stereocenters. The van der Waals surface area contributed by atoms with Crippen LogP contribution in [0.4, 0.5) is 8.78 Å². The van der Waals surface area contributed by atoms with Crippen molar-refractivity contribution in [2.75, 3.05) is 13.1 Å². The Morgan fingerprint density at radius 2 is 1.48 bits per heavy atom. The molecule has 4 aromatic rings. The summed E-state index contributed by atoms with van der Waals surface area (Å²) >= 11 is 0. The lowest BCUT2D eigenvalue weighted by Gasteiger charge is -2.23. The van der Waals surface area contributed by atoms with Crippen molar-refractivity contribution in [2.45, 2.75) is 38.8 Å². The van der Waals surface area contributed by atoms with Gasteiger partial charge in [0, 0.05) is 25.1 Å². The van der Waals surface area contributed by atoms with E-state index in [1.165, 1.54) is 6.07 Å². The highest BCUT2D eigenvalue weighted by atomic mass is 19.2. The van der Waals surface area contributed by atoms with E-state index in [1.54, 1.807) is 42.5 Å². The summed E-state index contributed by atoms with van der Waals surface area (Å²) in [5.74, 6) is -2.79. The molecule has 0 aromatic heterocycles. The molecule has 0 bridgehead atoms. The maximum absolute atomic E-state index is 14.2. The van der Waals surface area contributed by atoms with Gasteiger partial charge in [-0.1, -0.05) is 66.7 Å². The van der Waals surface area contributed by atoms with E-state index in [0.717, 1.165) is 34.9 Å². The molecule has 0 radical (unpaired) electrons. The van der Waals surface area contributed by atoms with Crippen molar-refractivity contribution in [2.24, 2.45) is 0 Å². The van der Waals surface area contributed by atoms with E-state index in [-0.39, 0.29) is 17.5 Å². The Morgan fingerprint density at radius 1 is 0.762 bits per heavy atom. The number of aromatic carboxylic acids is 1. The molecule has 0 saturated carbocycles. The van der Waals surface area contributed by atoms with Crippen LogP contribution >= 0.6 is 0 Å². The van der Waals surface area contributed by atoms with E-state index in [2.05, 4.69) is 4.90 Å². The number of hydrogen-bond acceptors (Lipinski definition) is 4. The smallest absolute Gasteiger partial charge is 0.335 e. The van der Waals surface area contributed by atoms with Gasteiger partial charge in [-0.15, -0.1) is 0 Å². The molecule has 0 saturated heterocycles. The van der Waals surface area contributed by atoms with Crippen LogP contribution in [0, 0.1) is 11.6 Å². The molecule has 0 unspecified atom stereocenters. The largest absolute Gasteiger partial charge is 0.489 e. The van der Waals surface area contributed by atoms with Gasteiger partial charge in [0.2, 0.25) is 0 Å². The fourth-order valence-corrected chi connectivity index (χ4v) is 4.69. The van der Waals surface area contributed by atoms with E-state index in [0.29, 0.717) is 44.6 Å². The van der Waals surface area contributed by atoms with Crippen LogP contribution in [0.3, 0.4) is 0 Å². The first-order valence-electron chi connectivity index (χ1n) is 13.8. The third-order valence-electron chi connectivity index (χ3n) is 7.00. The molecule has 8 heteroatoms. The van der Waals surface area contributed by atoms with Gasteiger partial charge in [-0.05, 0) is 72.3 Å². The summed E-state index contributed by atoms with van der Waals surface area (Å²) in [6.07, 6.45) is 2.12. The zero-order valence-corrected chi connectivity index (χ0v) is 23.1. The van der Waals surface area contributed by atoms with Gasteiger partial charge in [0.15, 0.2) is 11.6 Å². The first-order valence-corrected chi connectivity index (χ1v) is 13.8. The van der Waals surface area contributed by atoms with Crippen LogP contribution < -0.4 is 4.74 Å². The number of aliphatic carboxylic acids is 1. The molecule has 0 spiro atoms. The molecule has 42 heavy (non-hydrogen) atoms. The average Bonchev–Trinajstić information content (AvgIpc) is 2.99. The third-order valence-corrected chi connectivity index (χ3v) is 7.00. The Bertz CT molecular complexity index is 1490. The van der Waals surface area contributed by atoms with Crippen LogP contribution in [0.2, 0.25) is 0 Å². The third kappa shape index (κ3) is 8.72. The predicted molar refractivity (Wildman–Crippen MR) is 156 cm³/mol. The zero-order chi connectivity index (χ0) is 29.9. The molecule has 4 rings (SSSR count). The van der Waals surface area contributed by atoms with E-state index >= 15 is 0 Å². The fourth-order valence-electron chi connectivity index (χ4n) is 4.69. The molecule has 0 fully saturated rings. The molecule has 2 N–H and O–H groups in total.